The third-order valence-corrected chi connectivity index (χ3v) is 7.23. The van der Waals surface area contributed by atoms with E-state index in [0.29, 0.717) is 11.1 Å². The Labute approximate surface area is 234 Å². The standard InChI is InChI=1S/C38H24N2/c39-25-27-17-21-29(22-18-27)31-9-1-3-11-33(31)35-13-5-7-15-37(35)38-16-8-6-14-36(38)34-12-4-2-10-32(34)30-23-19-28(26-40)20-24-30/h1-24H. The molecule has 0 unspecified atom stereocenters. The summed E-state index contributed by atoms with van der Waals surface area (Å²) in [6.45, 7) is 0. The molecule has 186 valence electrons. The van der Waals surface area contributed by atoms with Gasteiger partial charge in [0.1, 0.15) is 0 Å². The summed E-state index contributed by atoms with van der Waals surface area (Å²) in [5.41, 5.74) is 12.5. The van der Waals surface area contributed by atoms with E-state index >= 15 is 0 Å². The normalized spacial score (nSPS) is 10.4. The zero-order valence-electron chi connectivity index (χ0n) is 21.8. The lowest BCUT2D eigenvalue weighted by Gasteiger charge is -2.18. The monoisotopic (exact) mass is 508 g/mol. The zero-order chi connectivity index (χ0) is 27.3. The number of nitrogens with zero attached hydrogens (tertiary/aromatic N) is 2. The summed E-state index contributed by atoms with van der Waals surface area (Å²) < 4.78 is 0. The maximum Gasteiger partial charge on any atom is 0.0991 e. The molecule has 40 heavy (non-hydrogen) atoms. The largest absolute Gasteiger partial charge is 0.192 e. The van der Waals surface area contributed by atoms with Crippen LogP contribution in [0, 0.1) is 22.7 Å². The van der Waals surface area contributed by atoms with Gasteiger partial charge in [-0.2, -0.15) is 10.5 Å². The highest BCUT2D eigenvalue weighted by Crippen LogP contribution is 2.43. The Hall–Kier alpha value is -5.70. The minimum absolute atomic E-state index is 0.650. The Morgan fingerprint density at radius 1 is 0.275 bits per heavy atom. The molecule has 0 N–H and O–H groups in total. The van der Waals surface area contributed by atoms with Crippen molar-refractivity contribution in [3.63, 3.8) is 0 Å². The van der Waals surface area contributed by atoms with Crippen molar-refractivity contribution < 1.29 is 0 Å². The van der Waals surface area contributed by atoms with Crippen molar-refractivity contribution in [3.05, 3.63) is 157 Å². The third-order valence-electron chi connectivity index (χ3n) is 7.23. The van der Waals surface area contributed by atoms with Crippen molar-refractivity contribution in [1.82, 2.24) is 0 Å². The van der Waals surface area contributed by atoms with E-state index in [1.807, 2.05) is 48.5 Å². The first-order valence-electron chi connectivity index (χ1n) is 13.1. The SMILES string of the molecule is N#Cc1ccc(-c2ccccc2-c2ccccc2-c2ccccc2-c2ccccc2-c2ccc(C#N)cc2)cc1. The molecule has 0 aliphatic carbocycles. The van der Waals surface area contributed by atoms with Crippen LogP contribution < -0.4 is 0 Å². The fourth-order valence-corrected chi connectivity index (χ4v) is 5.29. The van der Waals surface area contributed by atoms with Crippen molar-refractivity contribution in [2.24, 2.45) is 0 Å². The summed E-state index contributed by atoms with van der Waals surface area (Å²) in [6, 6.07) is 53.9. The molecule has 0 saturated heterocycles. The van der Waals surface area contributed by atoms with Gasteiger partial charge in [-0.05, 0) is 79.9 Å². The summed E-state index contributed by atoms with van der Waals surface area (Å²) >= 11 is 0. The molecule has 0 heterocycles. The van der Waals surface area contributed by atoms with Gasteiger partial charge in [0.2, 0.25) is 0 Å². The maximum atomic E-state index is 9.27. The second-order valence-electron chi connectivity index (χ2n) is 9.56. The van der Waals surface area contributed by atoms with Crippen LogP contribution in [0.15, 0.2) is 146 Å². The van der Waals surface area contributed by atoms with Gasteiger partial charge in [-0.25, -0.2) is 0 Å². The molecule has 2 nitrogen and oxygen atoms in total. The van der Waals surface area contributed by atoms with E-state index < -0.39 is 0 Å². The predicted octanol–water partition coefficient (Wildman–Crippen LogP) is 9.76. The van der Waals surface area contributed by atoms with E-state index in [0.717, 1.165) is 55.6 Å². The van der Waals surface area contributed by atoms with E-state index in [-0.39, 0.29) is 0 Å². The van der Waals surface area contributed by atoms with Gasteiger partial charge in [-0.15, -0.1) is 0 Å². The Balaban J connectivity index is 1.52. The number of rotatable bonds is 5. The van der Waals surface area contributed by atoms with Crippen molar-refractivity contribution in [3.8, 4) is 67.8 Å². The molecule has 0 spiro atoms. The van der Waals surface area contributed by atoms with Gasteiger partial charge >= 0.3 is 0 Å². The molecule has 0 bridgehead atoms. The van der Waals surface area contributed by atoms with Crippen molar-refractivity contribution in [1.29, 1.82) is 10.5 Å². The molecular formula is C38H24N2. The van der Waals surface area contributed by atoms with Gasteiger partial charge < -0.3 is 0 Å². The van der Waals surface area contributed by atoms with E-state index in [1.54, 1.807) is 0 Å². The number of hydrogen-bond donors (Lipinski definition) is 0. The first-order chi connectivity index (χ1) is 19.8. The van der Waals surface area contributed by atoms with Crippen LogP contribution in [-0.4, -0.2) is 0 Å². The minimum atomic E-state index is 0.650. The smallest absolute Gasteiger partial charge is 0.0991 e. The van der Waals surface area contributed by atoms with Crippen LogP contribution in [-0.2, 0) is 0 Å². The summed E-state index contributed by atoms with van der Waals surface area (Å²) in [6.07, 6.45) is 0. The highest BCUT2D eigenvalue weighted by Gasteiger charge is 2.17. The molecule has 0 fully saturated rings. The Morgan fingerprint density at radius 3 is 0.750 bits per heavy atom. The molecule has 6 rings (SSSR count). The van der Waals surface area contributed by atoms with Crippen molar-refractivity contribution in [2.45, 2.75) is 0 Å². The van der Waals surface area contributed by atoms with E-state index in [1.165, 1.54) is 0 Å². The Kier molecular flexibility index (Phi) is 6.75. The quantitative estimate of drug-likeness (QED) is 0.233. The van der Waals surface area contributed by atoms with Crippen molar-refractivity contribution >= 4 is 0 Å². The van der Waals surface area contributed by atoms with E-state index in [4.69, 9.17) is 0 Å². The third kappa shape index (κ3) is 4.67. The minimum Gasteiger partial charge on any atom is -0.192 e. The molecule has 0 aliphatic heterocycles. The fraction of sp³-hybridized carbons (Fsp3) is 0. The number of hydrogen-bond acceptors (Lipinski definition) is 2. The van der Waals surface area contributed by atoms with Gasteiger partial charge in [0.15, 0.2) is 0 Å². The average molecular weight is 509 g/mol. The summed E-state index contributed by atoms with van der Waals surface area (Å²) in [7, 11) is 0. The lowest BCUT2D eigenvalue weighted by Crippen LogP contribution is -1.92. The average Bonchev–Trinajstić information content (AvgIpc) is 3.05. The first-order valence-corrected chi connectivity index (χ1v) is 13.1. The van der Waals surface area contributed by atoms with Gasteiger partial charge in [0.05, 0.1) is 23.3 Å². The molecule has 6 aromatic rings. The van der Waals surface area contributed by atoms with E-state index in [2.05, 4.69) is 109 Å². The molecule has 2 heteroatoms. The molecule has 0 saturated carbocycles. The molecule has 6 aromatic carbocycles. The topological polar surface area (TPSA) is 47.6 Å². The summed E-state index contributed by atoms with van der Waals surface area (Å²) in [5, 5.41) is 18.5. The Morgan fingerprint density at radius 2 is 0.500 bits per heavy atom. The second-order valence-corrected chi connectivity index (χ2v) is 9.56. The molecule has 0 aromatic heterocycles. The van der Waals surface area contributed by atoms with Crippen LogP contribution in [0.5, 0.6) is 0 Å². The number of benzene rings is 6. The van der Waals surface area contributed by atoms with E-state index in [9.17, 15) is 10.5 Å². The zero-order valence-corrected chi connectivity index (χ0v) is 21.8. The molecule has 0 atom stereocenters. The maximum absolute atomic E-state index is 9.27. The van der Waals surface area contributed by atoms with Gasteiger partial charge in [0, 0.05) is 0 Å². The number of nitriles is 2. The second kappa shape index (κ2) is 11.0. The predicted molar refractivity (Wildman–Crippen MR) is 163 cm³/mol. The van der Waals surface area contributed by atoms with Crippen molar-refractivity contribution in [2.75, 3.05) is 0 Å². The van der Waals surface area contributed by atoms with Crippen LogP contribution in [0.1, 0.15) is 11.1 Å². The lowest BCUT2D eigenvalue weighted by atomic mass is 9.85. The molecule has 0 radical (unpaired) electrons. The van der Waals surface area contributed by atoms with Gasteiger partial charge in [-0.1, -0.05) is 121 Å². The van der Waals surface area contributed by atoms with Crippen LogP contribution in [0.2, 0.25) is 0 Å². The van der Waals surface area contributed by atoms with Crippen LogP contribution in [0.3, 0.4) is 0 Å². The van der Waals surface area contributed by atoms with Crippen LogP contribution >= 0.6 is 0 Å². The van der Waals surface area contributed by atoms with Crippen LogP contribution in [0.4, 0.5) is 0 Å². The first kappa shape index (κ1) is 24.6. The highest BCUT2D eigenvalue weighted by molar-refractivity contribution is 5.98. The van der Waals surface area contributed by atoms with Gasteiger partial charge in [-0.3, -0.25) is 0 Å². The van der Waals surface area contributed by atoms with Gasteiger partial charge in [0.25, 0.3) is 0 Å². The lowest BCUT2D eigenvalue weighted by molar-refractivity contribution is 1.48. The fourth-order valence-electron chi connectivity index (χ4n) is 5.29. The summed E-state index contributed by atoms with van der Waals surface area (Å²) in [4.78, 5) is 0. The Bertz CT molecular complexity index is 1760. The highest BCUT2D eigenvalue weighted by atomic mass is 14.2. The molecule has 0 amide bonds. The van der Waals surface area contributed by atoms with Crippen LogP contribution in [0.25, 0.3) is 55.6 Å². The summed E-state index contributed by atoms with van der Waals surface area (Å²) in [5.74, 6) is 0. The molecular weight excluding hydrogens is 484 g/mol. The molecule has 0 aliphatic rings.